The third-order valence-corrected chi connectivity index (χ3v) is 6.78. The summed E-state index contributed by atoms with van der Waals surface area (Å²) in [5.41, 5.74) is 2.39. The van der Waals surface area contributed by atoms with Gasteiger partial charge in [0.2, 0.25) is 0 Å². The molecule has 3 aromatic rings. The molecule has 13 nitrogen and oxygen atoms in total. The van der Waals surface area contributed by atoms with Crippen molar-refractivity contribution in [3.05, 3.63) is 53.9 Å². The van der Waals surface area contributed by atoms with Crippen molar-refractivity contribution in [3.8, 4) is 0 Å². The normalized spacial score (nSPS) is 15.7. The first kappa shape index (κ1) is 31.5. The summed E-state index contributed by atoms with van der Waals surface area (Å²) >= 11 is 0. The number of H-pyrrole nitrogens is 3. The van der Waals surface area contributed by atoms with E-state index < -0.39 is 6.10 Å². The van der Waals surface area contributed by atoms with E-state index in [0.717, 1.165) is 13.0 Å². The highest BCUT2D eigenvalue weighted by Gasteiger charge is 2.41. The molecule has 2 atom stereocenters. The van der Waals surface area contributed by atoms with E-state index in [-0.39, 0.29) is 53.5 Å². The van der Waals surface area contributed by atoms with Crippen molar-refractivity contribution >= 4 is 53.1 Å². The third-order valence-electron chi connectivity index (χ3n) is 6.78. The Kier molecular flexibility index (Phi) is 10.0. The second-order valence-electron chi connectivity index (χ2n) is 10.2. The zero-order chi connectivity index (χ0) is 29.1. The van der Waals surface area contributed by atoms with Crippen LogP contribution in [0.15, 0.2) is 36.8 Å². The average Bonchev–Trinajstić information content (AvgIpc) is 3.38. The number of epoxide rings is 1. The molecule has 41 heavy (non-hydrogen) atoms. The Labute approximate surface area is 244 Å². The maximum Gasteiger partial charge on any atom is 0.274 e. The molecule has 1 saturated heterocycles. The minimum absolute atomic E-state index is 0. The molecule has 0 spiro atoms. The van der Waals surface area contributed by atoms with Crippen molar-refractivity contribution in [2.24, 2.45) is 0 Å². The average molecular weight is 589 g/mol. The molecular weight excluding hydrogens is 552 g/mol. The van der Waals surface area contributed by atoms with E-state index >= 15 is 0 Å². The van der Waals surface area contributed by atoms with Crippen LogP contribution in [0.25, 0.3) is 0 Å². The van der Waals surface area contributed by atoms with Gasteiger partial charge in [-0.05, 0) is 52.2 Å². The Morgan fingerprint density at radius 1 is 0.780 bits per heavy atom. The molecule has 4 N–H and O–H groups in total. The van der Waals surface area contributed by atoms with Crippen molar-refractivity contribution in [1.82, 2.24) is 24.8 Å². The Morgan fingerprint density at radius 3 is 1.78 bits per heavy atom. The van der Waals surface area contributed by atoms with Crippen molar-refractivity contribution in [2.75, 3.05) is 63.4 Å². The topological polar surface area (TPSA) is 153 Å². The number of hydrogen-bond acceptors (Lipinski definition) is 6. The van der Waals surface area contributed by atoms with Gasteiger partial charge in [-0.3, -0.25) is 19.2 Å². The van der Waals surface area contributed by atoms with Gasteiger partial charge in [-0.25, -0.2) is 0 Å². The number of nitrogens with zero attached hydrogens (tertiary/aromatic N) is 4. The largest absolute Gasteiger partial charge is 0.359 e. The van der Waals surface area contributed by atoms with Gasteiger partial charge in [-0.1, -0.05) is 0 Å². The molecule has 2 unspecified atom stereocenters. The van der Waals surface area contributed by atoms with E-state index in [2.05, 4.69) is 25.2 Å². The molecule has 1 aliphatic rings. The van der Waals surface area contributed by atoms with Gasteiger partial charge in [0.05, 0.1) is 23.2 Å². The van der Waals surface area contributed by atoms with E-state index in [1.165, 1.54) is 16.0 Å². The lowest BCUT2D eigenvalue weighted by molar-refractivity contribution is -0.117. The summed E-state index contributed by atoms with van der Waals surface area (Å²) in [6.07, 6.45) is 4.97. The van der Waals surface area contributed by atoms with Crippen LogP contribution in [0.2, 0.25) is 0 Å². The van der Waals surface area contributed by atoms with E-state index in [1.807, 2.05) is 21.0 Å². The summed E-state index contributed by atoms with van der Waals surface area (Å²) < 4.78 is 5.16. The predicted molar refractivity (Wildman–Crippen MR) is 158 cm³/mol. The molecule has 0 radical (unpaired) electrons. The maximum atomic E-state index is 13.1. The first-order chi connectivity index (χ1) is 19.0. The van der Waals surface area contributed by atoms with Gasteiger partial charge in [0, 0.05) is 46.3 Å². The summed E-state index contributed by atoms with van der Waals surface area (Å²) in [7, 11) is 8.92. The van der Waals surface area contributed by atoms with Crippen LogP contribution in [-0.2, 0) is 9.53 Å². The van der Waals surface area contributed by atoms with Gasteiger partial charge in [-0.2, -0.15) is 0 Å². The number of rotatable bonds is 11. The molecule has 0 saturated carbocycles. The minimum Gasteiger partial charge on any atom is -0.359 e. The lowest BCUT2D eigenvalue weighted by Gasteiger charge is -2.18. The fourth-order valence-corrected chi connectivity index (χ4v) is 4.19. The Balaban J connectivity index is 0.00000462. The molecule has 3 aromatic heterocycles. The van der Waals surface area contributed by atoms with Gasteiger partial charge < -0.3 is 44.6 Å². The molecule has 4 heterocycles. The van der Waals surface area contributed by atoms with Gasteiger partial charge >= 0.3 is 0 Å². The fourth-order valence-electron chi connectivity index (χ4n) is 4.19. The number of hydrogen-bond donors (Lipinski definition) is 4. The first-order valence-electron chi connectivity index (χ1n) is 12.9. The number of anilines is 3. The second-order valence-corrected chi connectivity index (χ2v) is 10.2. The first-order valence-corrected chi connectivity index (χ1v) is 12.9. The van der Waals surface area contributed by atoms with E-state index in [9.17, 15) is 19.2 Å². The summed E-state index contributed by atoms with van der Waals surface area (Å²) in [5, 5.41) is 2.71. The summed E-state index contributed by atoms with van der Waals surface area (Å²) in [4.78, 5) is 66.2. The molecule has 4 amide bonds. The Hall–Kier alpha value is -4.07. The minimum atomic E-state index is -0.469. The lowest BCUT2D eigenvalue weighted by Crippen LogP contribution is -2.30. The maximum absolute atomic E-state index is 13.1. The molecule has 1 fully saturated rings. The number of halogens is 1. The predicted octanol–water partition coefficient (Wildman–Crippen LogP) is 2.40. The fraction of sp³-hybridized carbons (Fsp3) is 0.407. The number of carbonyl (C=O) groups is 4. The molecule has 4 rings (SSSR count). The summed E-state index contributed by atoms with van der Waals surface area (Å²) in [6.45, 7) is 3.30. The van der Waals surface area contributed by atoms with Crippen molar-refractivity contribution in [3.63, 3.8) is 0 Å². The molecule has 0 aliphatic carbocycles. The van der Waals surface area contributed by atoms with Crippen molar-refractivity contribution in [2.45, 2.75) is 25.6 Å². The number of carbonyl (C=O) groups excluding carboxylic acids is 4. The summed E-state index contributed by atoms with van der Waals surface area (Å²) in [6, 6.07) is 4.76. The van der Waals surface area contributed by atoms with Crippen LogP contribution >= 0.6 is 12.4 Å². The van der Waals surface area contributed by atoms with Crippen LogP contribution in [-0.4, -0.2) is 109 Å². The van der Waals surface area contributed by atoms with Crippen LogP contribution in [0, 0.1) is 0 Å². The molecule has 0 bridgehead atoms. The third kappa shape index (κ3) is 7.37. The van der Waals surface area contributed by atoms with Crippen LogP contribution in [0.4, 0.5) is 17.1 Å². The van der Waals surface area contributed by atoms with Crippen LogP contribution in [0.1, 0.15) is 44.8 Å². The zero-order valence-corrected chi connectivity index (χ0v) is 24.8. The van der Waals surface area contributed by atoms with Gasteiger partial charge in [-0.15, -0.1) is 12.4 Å². The number of aromatic amines is 3. The number of amides is 4. The monoisotopic (exact) mass is 588 g/mol. The van der Waals surface area contributed by atoms with Crippen LogP contribution < -0.4 is 15.1 Å². The van der Waals surface area contributed by atoms with E-state index in [4.69, 9.17) is 4.74 Å². The SMILES string of the molecule is CC1OC1C(=O)Nc1c[nH]c(C(=O)N(C)c2c[nH]c(C(=O)N(C)c3c[nH]c(C(=O)N(C)CCCN(C)C)c3)c2)c1.Cl. The number of nitrogens with one attached hydrogen (secondary N) is 4. The molecular formula is C27H37ClN8O5. The van der Waals surface area contributed by atoms with Gasteiger partial charge in [0.1, 0.15) is 17.1 Å². The van der Waals surface area contributed by atoms with Crippen LogP contribution in [0.5, 0.6) is 0 Å². The van der Waals surface area contributed by atoms with Crippen molar-refractivity contribution < 1.29 is 23.9 Å². The highest BCUT2D eigenvalue weighted by atomic mass is 35.5. The molecule has 14 heteroatoms. The van der Waals surface area contributed by atoms with E-state index in [1.54, 1.807) is 56.6 Å². The van der Waals surface area contributed by atoms with Gasteiger partial charge in [0.15, 0.2) is 6.10 Å². The standard InChI is InChI=1S/C27H36N8O5.ClH/c1-16-23(40-16)24(36)31-17-10-20(28-13-17)26(38)34(5)19-12-22(30-15-19)27(39)35(6)18-11-21(29-14-18)25(37)33(4)9-7-8-32(2)3;/h10-16,23,28-30H,7-9H2,1-6H3,(H,31,36);1H. The molecule has 0 aromatic carbocycles. The zero-order valence-electron chi connectivity index (χ0n) is 24.0. The lowest BCUT2D eigenvalue weighted by atomic mass is 10.3. The number of aromatic nitrogens is 3. The Morgan fingerprint density at radius 2 is 1.27 bits per heavy atom. The second kappa shape index (κ2) is 13.1. The molecule has 1 aliphatic heterocycles. The highest BCUT2D eigenvalue weighted by molar-refractivity contribution is 6.09. The smallest absolute Gasteiger partial charge is 0.274 e. The van der Waals surface area contributed by atoms with E-state index in [0.29, 0.717) is 29.3 Å². The Bertz CT molecular complexity index is 1400. The molecule has 222 valence electrons. The van der Waals surface area contributed by atoms with Crippen molar-refractivity contribution in [1.29, 1.82) is 0 Å². The quantitative estimate of drug-likeness (QED) is 0.252. The highest BCUT2D eigenvalue weighted by Crippen LogP contribution is 2.24. The number of ether oxygens (including phenoxy) is 1. The summed E-state index contributed by atoms with van der Waals surface area (Å²) in [5.74, 6) is -1.12. The van der Waals surface area contributed by atoms with Gasteiger partial charge in [0.25, 0.3) is 23.6 Å². The van der Waals surface area contributed by atoms with Crippen LogP contribution in [0.3, 0.4) is 0 Å².